The van der Waals surface area contributed by atoms with Crippen molar-refractivity contribution in [1.29, 1.82) is 0 Å². The van der Waals surface area contributed by atoms with E-state index >= 15 is 0 Å². The molecule has 4 heteroatoms. The largest absolute Gasteiger partial charge is 0.372 e. The van der Waals surface area contributed by atoms with Gasteiger partial charge in [-0.1, -0.05) is 0 Å². The van der Waals surface area contributed by atoms with Gasteiger partial charge in [0.05, 0.1) is 26.7 Å². The Morgan fingerprint density at radius 3 is 2.07 bits per heavy atom. The third kappa shape index (κ3) is 2.31. The highest BCUT2D eigenvalue weighted by Crippen LogP contribution is 2.17. The second-order valence-corrected chi connectivity index (χ2v) is 3.94. The number of hydrogen-bond donors (Lipinski definition) is 1. The van der Waals surface area contributed by atoms with E-state index in [1.54, 1.807) is 12.1 Å². The molecule has 0 spiro atoms. The van der Waals surface area contributed by atoms with Crippen LogP contribution in [0.4, 0.5) is 5.69 Å². The van der Waals surface area contributed by atoms with Crippen molar-refractivity contribution >= 4 is 11.7 Å². The summed E-state index contributed by atoms with van der Waals surface area (Å²) in [5.41, 5.74) is 1.41. The Labute approximate surface area is 82.9 Å². The van der Waals surface area contributed by atoms with Crippen LogP contribution in [0.2, 0.25) is 0 Å². The fourth-order valence-corrected chi connectivity index (χ4v) is 1.10. The molecule has 0 saturated carbocycles. The van der Waals surface area contributed by atoms with Crippen molar-refractivity contribution in [3.8, 4) is 0 Å². The number of hydrogen-bond acceptors (Lipinski definition) is 3. The van der Waals surface area contributed by atoms with Gasteiger partial charge in [0.15, 0.2) is 0 Å². The molecule has 1 rings (SSSR count). The Morgan fingerprint density at radius 2 is 1.71 bits per heavy atom. The second-order valence-electron chi connectivity index (χ2n) is 3.94. The van der Waals surface area contributed by atoms with Crippen molar-refractivity contribution in [2.24, 2.45) is 0 Å². The van der Waals surface area contributed by atoms with Crippen LogP contribution < -0.4 is 4.48 Å². The van der Waals surface area contributed by atoms with E-state index in [2.05, 4.69) is 4.89 Å². The number of rotatable bonds is 2. The maximum atomic E-state index is 10.9. The van der Waals surface area contributed by atoms with Crippen molar-refractivity contribution in [2.75, 3.05) is 21.1 Å². The van der Waals surface area contributed by atoms with Gasteiger partial charge in [-0.25, -0.2) is 4.79 Å². The van der Waals surface area contributed by atoms with Gasteiger partial charge in [0, 0.05) is 0 Å². The highest BCUT2D eigenvalue weighted by molar-refractivity contribution is 5.89. The minimum absolute atomic E-state index is 0.338. The number of quaternary nitrogens is 1. The summed E-state index contributed by atoms with van der Waals surface area (Å²) < 4.78 is 0.675. The van der Waals surface area contributed by atoms with Gasteiger partial charge < -0.3 is 0 Å². The van der Waals surface area contributed by atoms with Crippen LogP contribution in [-0.2, 0) is 4.89 Å². The third-order valence-corrected chi connectivity index (χ3v) is 1.96. The van der Waals surface area contributed by atoms with Gasteiger partial charge in [-0.2, -0.15) is 5.26 Å². The summed E-state index contributed by atoms with van der Waals surface area (Å²) in [6.45, 7) is 0. The maximum absolute atomic E-state index is 10.9. The van der Waals surface area contributed by atoms with Gasteiger partial charge in [-0.15, -0.1) is 0 Å². The highest BCUT2D eigenvalue weighted by atomic mass is 17.1. The summed E-state index contributed by atoms with van der Waals surface area (Å²) in [5.74, 6) is -0.738. The zero-order chi connectivity index (χ0) is 10.8. The summed E-state index contributed by atoms with van der Waals surface area (Å²) in [7, 11) is 6.08. The molecular formula is C10H14NO3+. The van der Waals surface area contributed by atoms with Crippen LogP contribution in [0.25, 0.3) is 0 Å². The molecule has 0 aliphatic heterocycles. The Kier molecular flexibility index (Phi) is 2.88. The number of benzene rings is 1. The SMILES string of the molecule is C[N+](C)(C)c1ccc(C(=O)OO)cc1. The zero-order valence-electron chi connectivity index (χ0n) is 8.52. The van der Waals surface area contributed by atoms with Gasteiger partial charge >= 0.3 is 5.97 Å². The normalized spacial score (nSPS) is 11.1. The number of nitrogens with zero attached hydrogens (tertiary/aromatic N) is 1. The fourth-order valence-electron chi connectivity index (χ4n) is 1.10. The van der Waals surface area contributed by atoms with Crippen LogP contribution in [0.3, 0.4) is 0 Å². The molecule has 0 unspecified atom stereocenters. The summed E-state index contributed by atoms with van der Waals surface area (Å²) in [4.78, 5) is 14.5. The van der Waals surface area contributed by atoms with E-state index in [1.807, 2.05) is 33.3 Å². The predicted molar refractivity (Wildman–Crippen MR) is 54.1 cm³/mol. The fraction of sp³-hybridized carbons (Fsp3) is 0.300. The molecule has 0 heterocycles. The van der Waals surface area contributed by atoms with E-state index in [0.717, 1.165) is 5.69 Å². The van der Waals surface area contributed by atoms with E-state index in [0.29, 0.717) is 10.0 Å². The minimum Gasteiger partial charge on any atom is -0.298 e. The van der Waals surface area contributed by atoms with Crippen LogP contribution in [0.15, 0.2) is 24.3 Å². The van der Waals surface area contributed by atoms with Crippen LogP contribution in [0.5, 0.6) is 0 Å². The monoisotopic (exact) mass is 196 g/mol. The van der Waals surface area contributed by atoms with Gasteiger partial charge in [-0.05, 0) is 24.3 Å². The summed E-state index contributed by atoms with van der Waals surface area (Å²) in [6.07, 6.45) is 0. The average molecular weight is 196 g/mol. The van der Waals surface area contributed by atoms with Crippen molar-refractivity contribution in [1.82, 2.24) is 4.48 Å². The molecule has 0 atom stereocenters. The maximum Gasteiger partial charge on any atom is 0.372 e. The summed E-state index contributed by atoms with van der Waals surface area (Å²) >= 11 is 0. The molecule has 0 saturated heterocycles. The molecule has 0 aromatic heterocycles. The molecular weight excluding hydrogens is 182 g/mol. The molecule has 0 amide bonds. The topological polar surface area (TPSA) is 46.5 Å². The first-order valence-corrected chi connectivity index (χ1v) is 4.23. The van der Waals surface area contributed by atoms with Crippen molar-refractivity contribution < 1.29 is 14.9 Å². The van der Waals surface area contributed by atoms with Crippen LogP contribution >= 0.6 is 0 Å². The van der Waals surface area contributed by atoms with Crippen molar-refractivity contribution in [3.05, 3.63) is 29.8 Å². The van der Waals surface area contributed by atoms with E-state index in [4.69, 9.17) is 5.26 Å². The minimum atomic E-state index is -0.738. The molecule has 1 N–H and O–H groups in total. The lowest BCUT2D eigenvalue weighted by molar-refractivity contribution is -0.182. The lowest BCUT2D eigenvalue weighted by atomic mass is 10.2. The van der Waals surface area contributed by atoms with Crippen molar-refractivity contribution in [3.63, 3.8) is 0 Å². The van der Waals surface area contributed by atoms with E-state index in [-0.39, 0.29) is 0 Å². The first kappa shape index (κ1) is 10.7. The number of carbonyl (C=O) groups is 1. The molecule has 0 bridgehead atoms. The van der Waals surface area contributed by atoms with E-state index in [1.165, 1.54) is 0 Å². The highest BCUT2D eigenvalue weighted by Gasteiger charge is 2.13. The Hall–Kier alpha value is -1.39. The molecule has 1 aromatic carbocycles. The molecule has 0 aliphatic carbocycles. The van der Waals surface area contributed by atoms with E-state index in [9.17, 15) is 4.79 Å². The molecule has 14 heavy (non-hydrogen) atoms. The molecule has 0 aliphatic rings. The molecule has 76 valence electrons. The Morgan fingerprint density at radius 1 is 1.21 bits per heavy atom. The number of carbonyl (C=O) groups excluding carboxylic acids is 1. The van der Waals surface area contributed by atoms with Gasteiger partial charge in [0.25, 0.3) is 0 Å². The van der Waals surface area contributed by atoms with Gasteiger partial charge in [0.2, 0.25) is 0 Å². The molecule has 0 fully saturated rings. The summed E-state index contributed by atoms with van der Waals surface area (Å²) in [6, 6.07) is 6.90. The summed E-state index contributed by atoms with van der Waals surface area (Å²) in [5, 5.41) is 8.16. The third-order valence-electron chi connectivity index (χ3n) is 1.96. The lowest BCUT2D eigenvalue weighted by Gasteiger charge is -2.23. The average Bonchev–Trinajstić information content (AvgIpc) is 2.15. The smallest absolute Gasteiger partial charge is 0.298 e. The zero-order valence-corrected chi connectivity index (χ0v) is 8.52. The van der Waals surface area contributed by atoms with E-state index < -0.39 is 5.97 Å². The standard InChI is InChI=1S/C10H13NO3/c1-11(2,3)9-6-4-8(5-7-9)10(12)14-13/h4-7H,1-3H3/p+1. The first-order valence-electron chi connectivity index (χ1n) is 4.23. The van der Waals surface area contributed by atoms with Crippen LogP contribution in [0, 0.1) is 0 Å². The van der Waals surface area contributed by atoms with Crippen LogP contribution in [-0.4, -0.2) is 32.4 Å². The Bertz CT molecular complexity index is 324. The quantitative estimate of drug-likeness (QED) is 0.443. The Balaban J connectivity index is 2.95. The second kappa shape index (κ2) is 3.77. The predicted octanol–water partition coefficient (Wildman–Crippen LogP) is 1.51. The van der Waals surface area contributed by atoms with Gasteiger partial charge in [0.1, 0.15) is 5.69 Å². The molecule has 1 aromatic rings. The first-order chi connectivity index (χ1) is 6.45. The molecule has 4 nitrogen and oxygen atoms in total. The van der Waals surface area contributed by atoms with Crippen LogP contribution in [0.1, 0.15) is 10.4 Å². The van der Waals surface area contributed by atoms with Gasteiger partial charge in [-0.3, -0.25) is 9.37 Å². The lowest BCUT2D eigenvalue weighted by Crippen LogP contribution is -2.34. The van der Waals surface area contributed by atoms with Crippen molar-refractivity contribution in [2.45, 2.75) is 0 Å². The molecule has 0 radical (unpaired) electrons.